The second-order valence-electron chi connectivity index (χ2n) is 5.07. The molecule has 0 radical (unpaired) electrons. The maximum atomic E-state index is 13.7. The Labute approximate surface area is 109 Å². The van der Waals surface area contributed by atoms with Gasteiger partial charge in [0.2, 0.25) is 0 Å². The van der Waals surface area contributed by atoms with E-state index in [1.807, 2.05) is 7.05 Å². The number of benzene rings is 1. The van der Waals surface area contributed by atoms with E-state index in [1.54, 1.807) is 12.1 Å². The third kappa shape index (κ3) is 3.02. The smallest absolute Gasteiger partial charge is 0.125 e. The van der Waals surface area contributed by atoms with E-state index >= 15 is 0 Å². The van der Waals surface area contributed by atoms with Crippen molar-refractivity contribution >= 4 is 5.69 Å². The van der Waals surface area contributed by atoms with E-state index in [0.717, 1.165) is 17.8 Å². The molecule has 1 aliphatic rings. The Morgan fingerprint density at radius 2 is 2.00 bits per heavy atom. The minimum absolute atomic E-state index is 0.130. The van der Waals surface area contributed by atoms with Crippen LogP contribution in [0.3, 0.4) is 0 Å². The molecule has 0 bridgehead atoms. The summed E-state index contributed by atoms with van der Waals surface area (Å²) in [4.78, 5) is 2.36. The third-order valence-electron chi connectivity index (χ3n) is 3.76. The molecule has 0 saturated heterocycles. The molecule has 0 amide bonds. The lowest BCUT2D eigenvalue weighted by Crippen LogP contribution is -2.33. The molecular formula is C15H23FN2. The van der Waals surface area contributed by atoms with Crippen LogP contribution in [-0.4, -0.2) is 19.6 Å². The van der Waals surface area contributed by atoms with E-state index in [-0.39, 0.29) is 5.82 Å². The molecule has 0 unspecified atom stereocenters. The number of nitrogens with zero attached hydrogens (tertiary/aromatic N) is 1. The van der Waals surface area contributed by atoms with Crippen LogP contribution in [0.15, 0.2) is 18.2 Å². The van der Waals surface area contributed by atoms with Gasteiger partial charge in [-0.25, -0.2) is 4.39 Å². The molecule has 0 aliphatic heterocycles. The van der Waals surface area contributed by atoms with E-state index in [9.17, 15) is 4.39 Å². The highest BCUT2D eigenvalue weighted by Crippen LogP contribution is 2.29. The van der Waals surface area contributed by atoms with Gasteiger partial charge in [-0.15, -0.1) is 0 Å². The van der Waals surface area contributed by atoms with Crippen LogP contribution in [0, 0.1) is 5.82 Å². The highest BCUT2D eigenvalue weighted by Gasteiger charge is 2.22. The second-order valence-corrected chi connectivity index (χ2v) is 5.07. The van der Waals surface area contributed by atoms with Crippen molar-refractivity contribution in [1.29, 1.82) is 0 Å². The van der Waals surface area contributed by atoms with E-state index in [0.29, 0.717) is 12.6 Å². The normalized spacial score (nSPS) is 16.2. The summed E-state index contributed by atoms with van der Waals surface area (Å²) >= 11 is 0. The van der Waals surface area contributed by atoms with Gasteiger partial charge in [0.1, 0.15) is 5.82 Å². The largest absolute Gasteiger partial charge is 0.369 e. The second kappa shape index (κ2) is 6.19. The predicted octanol–water partition coefficient (Wildman–Crippen LogP) is 3.31. The molecule has 0 aromatic heterocycles. The molecule has 1 saturated carbocycles. The molecule has 2 nitrogen and oxygen atoms in total. The van der Waals surface area contributed by atoms with E-state index in [4.69, 9.17) is 0 Å². The van der Waals surface area contributed by atoms with Crippen molar-refractivity contribution in [2.24, 2.45) is 0 Å². The third-order valence-corrected chi connectivity index (χ3v) is 3.76. The molecule has 100 valence electrons. The molecule has 1 fully saturated rings. The Hall–Kier alpha value is -1.09. The fraction of sp³-hybridized carbons (Fsp3) is 0.600. The SMILES string of the molecule is CCN(c1cc(F)cc(CNC)c1)C1CCCC1. The molecular weight excluding hydrogens is 227 g/mol. The average molecular weight is 250 g/mol. The average Bonchev–Trinajstić information content (AvgIpc) is 2.83. The molecule has 18 heavy (non-hydrogen) atoms. The Kier molecular flexibility index (Phi) is 4.59. The Morgan fingerprint density at radius 1 is 1.28 bits per heavy atom. The van der Waals surface area contributed by atoms with Crippen molar-refractivity contribution < 1.29 is 4.39 Å². The summed E-state index contributed by atoms with van der Waals surface area (Å²) in [5.41, 5.74) is 2.05. The van der Waals surface area contributed by atoms with E-state index < -0.39 is 0 Å². The zero-order valence-corrected chi connectivity index (χ0v) is 11.4. The van der Waals surface area contributed by atoms with Crippen LogP contribution in [0.25, 0.3) is 0 Å². The lowest BCUT2D eigenvalue weighted by molar-refractivity contribution is 0.603. The van der Waals surface area contributed by atoms with Crippen LogP contribution in [0.1, 0.15) is 38.2 Å². The summed E-state index contributed by atoms with van der Waals surface area (Å²) in [5.74, 6) is -0.130. The maximum Gasteiger partial charge on any atom is 0.125 e. The zero-order valence-electron chi connectivity index (χ0n) is 11.4. The quantitative estimate of drug-likeness (QED) is 0.862. The fourth-order valence-corrected chi connectivity index (χ4v) is 2.97. The fourth-order valence-electron chi connectivity index (χ4n) is 2.97. The summed E-state index contributed by atoms with van der Waals surface area (Å²) in [7, 11) is 1.89. The number of hydrogen-bond donors (Lipinski definition) is 1. The molecule has 3 heteroatoms. The summed E-state index contributed by atoms with van der Waals surface area (Å²) in [6.07, 6.45) is 5.09. The molecule has 0 heterocycles. The van der Waals surface area contributed by atoms with Gasteiger partial charge in [-0.1, -0.05) is 12.8 Å². The van der Waals surface area contributed by atoms with Crippen LogP contribution in [0.2, 0.25) is 0 Å². The first-order chi connectivity index (χ1) is 8.74. The van der Waals surface area contributed by atoms with Gasteiger partial charge >= 0.3 is 0 Å². The lowest BCUT2D eigenvalue weighted by atomic mass is 10.1. The topological polar surface area (TPSA) is 15.3 Å². The van der Waals surface area contributed by atoms with E-state index in [2.05, 4.69) is 23.2 Å². The van der Waals surface area contributed by atoms with Gasteiger partial charge in [-0.3, -0.25) is 0 Å². The Bertz CT molecular complexity index is 386. The summed E-state index contributed by atoms with van der Waals surface area (Å²) in [6.45, 7) is 3.82. The van der Waals surface area contributed by atoms with Gasteiger partial charge < -0.3 is 10.2 Å². The van der Waals surface area contributed by atoms with Crippen LogP contribution < -0.4 is 10.2 Å². The zero-order chi connectivity index (χ0) is 13.0. The van der Waals surface area contributed by atoms with Crippen molar-refractivity contribution in [3.63, 3.8) is 0 Å². The highest BCUT2D eigenvalue weighted by molar-refractivity contribution is 5.50. The Balaban J connectivity index is 2.23. The molecule has 1 aromatic carbocycles. The van der Waals surface area contributed by atoms with Crippen LogP contribution >= 0.6 is 0 Å². The molecule has 0 atom stereocenters. The van der Waals surface area contributed by atoms with Crippen LogP contribution in [0.4, 0.5) is 10.1 Å². The number of hydrogen-bond acceptors (Lipinski definition) is 2. The van der Waals surface area contributed by atoms with Gasteiger partial charge in [-0.2, -0.15) is 0 Å². The first-order valence-electron chi connectivity index (χ1n) is 6.95. The van der Waals surface area contributed by atoms with Gasteiger partial charge in [0, 0.05) is 24.8 Å². The van der Waals surface area contributed by atoms with Crippen molar-refractivity contribution in [2.45, 2.75) is 45.2 Å². The number of halogens is 1. The Morgan fingerprint density at radius 3 is 2.61 bits per heavy atom. The molecule has 2 rings (SSSR count). The van der Waals surface area contributed by atoms with Crippen molar-refractivity contribution in [1.82, 2.24) is 5.32 Å². The van der Waals surface area contributed by atoms with Gasteiger partial charge in [0.25, 0.3) is 0 Å². The first kappa shape index (κ1) is 13.3. The van der Waals surface area contributed by atoms with Gasteiger partial charge in [0.05, 0.1) is 0 Å². The first-order valence-corrected chi connectivity index (χ1v) is 6.95. The van der Waals surface area contributed by atoms with Gasteiger partial charge in [0.15, 0.2) is 0 Å². The number of rotatable bonds is 5. The minimum atomic E-state index is -0.130. The van der Waals surface area contributed by atoms with Crippen molar-refractivity contribution in [2.75, 3.05) is 18.5 Å². The highest BCUT2D eigenvalue weighted by atomic mass is 19.1. The van der Waals surface area contributed by atoms with Crippen molar-refractivity contribution in [3.05, 3.63) is 29.6 Å². The van der Waals surface area contributed by atoms with Gasteiger partial charge in [-0.05, 0) is 50.6 Å². The molecule has 0 spiro atoms. The maximum absolute atomic E-state index is 13.7. The lowest BCUT2D eigenvalue weighted by Gasteiger charge is -2.30. The van der Waals surface area contributed by atoms with Crippen molar-refractivity contribution in [3.8, 4) is 0 Å². The predicted molar refractivity (Wildman–Crippen MR) is 74.4 cm³/mol. The molecule has 1 aliphatic carbocycles. The summed E-state index contributed by atoms with van der Waals surface area (Å²) in [5, 5.41) is 3.08. The standard InChI is InChI=1S/C15H23FN2/c1-3-18(14-6-4-5-7-14)15-9-12(11-17-2)8-13(16)10-15/h8-10,14,17H,3-7,11H2,1-2H3. The van der Waals surface area contributed by atoms with Crippen LogP contribution in [0.5, 0.6) is 0 Å². The van der Waals surface area contributed by atoms with Crippen LogP contribution in [-0.2, 0) is 6.54 Å². The molecule has 1 N–H and O–H groups in total. The minimum Gasteiger partial charge on any atom is -0.369 e. The monoisotopic (exact) mass is 250 g/mol. The van der Waals surface area contributed by atoms with E-state index in [1.165, 1.54) is 25.7 Å². The number of nitrogens with one attached hydrogen (secondary N) is 1. The number of anilines is 1. The summed E-state index contributed by atoms with van der Waals surface area (Å²) in [6, 6.07) is 5.99. The molecule has 1 aromatic rings. The summed E-state index contributed by atoms with van der Waals surface area (Å²) < 4.78 is 13.7.